The number of halogens is 1. The van der Waals surface area contributed by atoms with E-state index in [1.165, 1.54) is 18.4 Å². The molecular weight excluding hydrogens is 418 g/mol. The summed E-state index contributed by atoms with van der Waals surface area (Å²) in [5, 5.41) is 16.2. The molecule has 0 bridgehead atoms. The third-order valence-electron chi connectivity index (χ3n) is 3.88. The first kappa shape index (κ1) is 16.7. The number of hydrogen-bond acceptors (Lipinski definition) is 6. The topological polar surface area (TPSA) is 76.7 Å². The lowest BCUT2D eigenvalue weighted by Gasteiger charge is -2.07. The summed E-state index contributed by atoms with van der Waals surface area (Å²) < 4.78 is 7.73. The number of phenols is 1. The van der Waals surface area contributed by atoms with E-state index < -0.39 is 0 Å². The first-order valence-electron chi connectivity index (χ1n) is 7.59. The Kier molecular flexibility index (Phi) is 4.21. The monoisotopic (exact) mass is 429 g/mol. The lowest BCUT2D eigenvalue weighted by molar-refractivity contribution is 0.373. The first-order valence-corrected chi connectivity index (χ1v) is 9.26. The van der Waals surface area contributed by atoms with E-state index in [4.69, 9.17) is 4.74 Å². The molecule has 0 aliphatic heterocycles. The van der Waals surface area contributed by atoms with Crippen LogP contribution in [0, 0.1) is 0 Å². The molecule has 0 radical (unpaired) electrons. The van der Waals surface area contributed by atoms with E-state index in [1.54, 1.807) is 22.7 Å². The van der Waals surface area contributed by atoms with E-state index >= 15 is 0 Å². The molecule has 4 aromatic rings. The van der Waals surface area contributed by atoms with Crippen LogP contribution in [0.15, 0.2) is 57.1 Å². The predicted molar refractivity (Wildman–Crippen MR) is 104 cm³/mol. The van der Waals surface area contributed by atoms with Gasteiger partial charge in [-0.1, -0.05) is 28.1 Å². The SMILES string of the molecule is COc1cc(-c2csc3nc(=O)c(-c4ccc(Br)cc4)nn23)ccc1O. The molecule has 0 atom stereocenters. The maximum Gasteiger partial charge on any atom is 0.300 e. The van der Waals surface area contributed by atoms with Crippen molar-refractivity contribution in [2.24, 2.45) is 0 Å². The van der Waals surface area contributed by atoms with Gasteiger partial charge in [-0.25, -0.2) is 4.52 Å². The van der Waals surface area contributed by atoms with E-state index in [9.17, 15) is 9.90 Å². The zero-order chi connectivity index (χ0) is 18.3. The Hall–Kier alpha value is -2.71. The number of benzene rings is 2. The Balaban J connectivity index is 1.91. The summed E-state index contributed by atoms with van der Waals surface area (Å²) in [5.74, 6) is 0.424. The van der Waals surface area contributed by atoms with Crippen LogP contribution in [0.25, 0.3) is 27.5 Å². The Bertz CT molecular complexity index is 1170. The van der Waals surface area contributed by atoms with Gasteiger partial charge >= 0.3 is 5.56 Å². The Morgan fingerprint density at radius 2 is 1.88 bits per heavy atom. The van der Waals surface area contributed by atoms with Gasteiger partial charge in [0.25, 0.3) is 0 Å². The molecule has 0 fully saturated rings. The highest BCUT2D eigenvalue weighted by atomic mass is 79.9. The number of phenolic OH excluding ortho intramolecular Hbond substituents is 1. The third-order valence-corrected chi connectivity index (χ3v) is 5.22. The van der Waals surface area contributed by atoms with Gasteiger partial charge in [-0.15, -0.1) is 11.3 Å². The number of hydrogen-bond donors (Lipinski definition) is 1. The Morgan fingerprint density at radius 3 is 2.62 bits per heavy atom. The number of aromatic nitrogens is 3. The van der Waals surface area contributed by atoms with Gasteiger partial charge in [0.2, 0.25) is 4.96 Å². The van der Waals surface area contributed by atoms with Gasteiger partial charge in [0, 0.05) is 21.0 Å². The molecule has 8 heteroatoms. The number of fused-ring (bicyclic) bond motifs is 1. The molecule has 0 aliphatic rings. The van der Waals surface area contributed by atoms with Gasteiger partial charge in [-0.05, 0) is 30.3 Å². The molecule has 2 aromatic carbocycles. The summed E-state index contributed by atoms with van der Waals surface area (Å²) >= 11 is 4.71. The summed E-state index contributed by atoms with van der Waals surface area (Å²) in [6.45, 7) is 0. The Labute approximate surface area is 160 Å². The van der Waals surface area contributed by atoms with Gasteiger partial charge < -0.3 is 9.84 Å². The van der Waals surface area contributed by atoms with Crippen LogP contribution in [0.2, 0.25) is 0 Å². The van der Waals surface area contributed by atoms with Crippen molar-refractivity contribution >= 4 is 32.2 Å². The second kappa shape index (κ2) is 6.54. The number of nitrogens with zero attached hydrogens (tertiary/aromatic N) is 3. The van der Waals surface area contributed by atoms with E-state index in [2.05, 4.69) is 26.0 Å². The molecule has 0 saturated carbocycles. The van der Waals surface area contributed by atoms with Gasteiger partial charge in [0.05, 0.1) is 12.8 Å². The van der Waals surface area contributed by atoms with Crippen molar-refractivity contribution in [3.05, 3.63) is 62.7 Å². The molecule has 1 N–H and O–H groups in total. The molecule has 0 aliphatic carbocycles. The van der Waals surface area contributed by atoms with Crippen molar-refractivity contribution in [2.45, 2.75) is 0 Å². The lowest BCUT2D eigenvalue weighted by Crippen LogP contribution is -2.14. The van der Waals surface area contributed by atoms with Crippen LogP contribution >= 0.6 is 27.3 Å². The minimum atomic E-state index is -0.371. The second-order valence-corrected chi connectivity index (χ2v) is 7.23. The smallest absolute Gasteiger partial charge is 0.300 e. The fraction of sp³-hybridized carbons (Fsp3) is 0.0556. The highest BCUT2D eigenvalue weighted by molar-refractivity contribution is 9.10. The minimum absolute atomic E-state index is 0.0595. The highest BCUT2D eigenvalue weighted by Crippen LogP contribution is 2.33. The largest absolute Gasteiger partial charge is 0.504 e. The summed E-state index contributed by atoms with van der Waals surface area (Å²) in [7, 11) is 1.49. The number of aromatic hydroxyl groups is 1. The molecule has 2 heterocycles. The highest BCUT2D eigenvalue weighted by Gasteiger charge is 2.14. The van der Waals surface area contributed by atoms with Gasteiger partial charge in [-0.3, -0.25) is 4.79 Å². The fourth-order valence-electron chi connectivity index (χ4n) is 2.58. The fourth-order valence-corrected chi connectivity index (χ4v) is 3.67. The van der Waals surface area contributed by atoms with E-state index in [1.807, 2.05) is 29.6 Å². The molecule has 4 rings (SSSR count). The summed E-state index contributed by atoms with van der Waals surface area (Å²) in [5.41, 5.74) is 2.16. The number of ether oxygens (including phenoxy) is 1. The molecule has 2 aromatic heterocycles. The van der Waals surface area contributed by atoms with Crippen LogP contribution in [0.3, 0.4) is 0 Å². The summed E-state index contributed by atoms with van der Waals surface area (Å²) in [6.07, 6.45) is 0. The third kappa shape index (κ3) is 2.87. The molecule has 0 spiro atoms. The van der Waals surface area contributed by atoms with Crippen molar-refractivity contribution in [1.29, 1.82) is 0 Å². The van der Waals surface area contributed by atoms with E-state index in [0.717, 1.165) is 15.7 Å². The van der Waals surface area contributed by atoms with Crippen molar-refractivity contribution < 1.29 is 9.84 Å². The lowest BCUT2D eigenvalue weighted by atomic mass is 10.1. The maximum absolute atomic E-state index is 12.4. The van der Waals surface area contributed by atoms with Crippen LogP contribution in [-0.4, -0.2) is 26.8 Å². The van der Waals surface area contributed by atoms with Gasteiger partial charge in [0.15, 0.2) is 17.2 Å². The summed E-state index contributed by atoms with van der Waals surface area (Å²) in [6, 6.07) is 12.4. The zero-order valence-corrected chi connectivity index (χ0v) is 15.9. The molecule has 0 saturated heterocycles. The molecule has 0 amide bonds. The van der Waals surface area contributed by atoms with E-state index in [0.29, 0.717) is 16.3 Å². The number of methoxy groups -OCH3 is 1. The van der Waals surface area contributed by atoms with Crippen molar-refractivity contribution in [3.8, 4) is 34.0 Å². The van der Waals surface area contributed by atoms with Crippen LogP contribution < -0.4 is 10.3 Å². The van der Waals surface area contributed by atoms with Gasteiger partial charge in [-0.2, -0.15) is 10.1 Å². The van der Waals surface area contributed by atoms with Crippen LogP contribution in [0.4, 0.5) is 0 Å². The van der Waals surface area contributed by atoms with Gasteiger partial charge in [0.1, 0.15) is 0 Å². The normalized spacial score (nSPS) is 11.0. The van der Waals surface area contributed by atoms with Crippen LogP contribution in [0.5, 0.6) is 11.5 Å². The second-order valence-electron chi connectivity index (χ2n) is 5.47. The summed E-state index contributed by atoms with van der Waals surface area (Å²) in [4.78, 5) is 17.0. The molecule has 0 unspecified atom stereocenters. The average Bonchev–Trinajstić information content (AvgIpc) is 3.05. The van der Waals surface area contributed by atoms with Crippen LogP contribution in [-0.2, 0) is 0 Å². The van der Waals surface area contributed by atoms with Crippen molar-refractivity contribution in [2.75, 3.05) is 7.11 Å². The quantitative estimate of drug-likeness (QED) is 0.533. The predicted octanol–water partition coefficient (Wildman–Crippen LogP) is 3.96. The average molecular weight is 430 g/mol. The maximum atomic E-state index is 12.4. The van der Waals surface area contributed by atoms with Crippen LogP contribution in [0.1, 0.15) is 0 Å². The minimum Gasteiger partial charge on any atom is -0.504 e. The Morgan fingerprint density at radius 1 is 1.15 bits per heavy atom. The van der Waals surface area contributed by atoms with Crippen molar-refractivity contribution in [1.82, 2.24) is 14.6 Å². The molecule has 26 heavy (non-hydrogen) atoms. The number of thiazole rings is 1. The van der Waals surface area contributed by atoms with E-state index in [-0.39, 0.29) is 17.0 Å². The number of rotatable bonds is 3. The molecule has 6 nitrogen and oxygen atoms in total. The molecule has 130 valence electrons. The molecular formula is C18H12BrN3O3S. The zero-order valence-electron chi connectivity index (χ0n) is 13.5. The standard InChI is InChI=1S/C18H12BrN3O3S/c1-25-15-8-11(4-7-14(15)23)13-9-26-18-20-17(24)16(21-22(13)18)10-2-5-12(19)6-3-10/h2-9,23H,1H3. The van der Waals surface area contributed by atoms with Crippen molar-refractivity contribution in [3.63, 3.8) is 0 Å². The first-order chi connectivity index (χ1) is 12.6.